The normalized spacial score (nSPS) is 11.3. The molecule has 0 fully saturated rings. The van der Waals surface area contributed by atoms with Crippen molar-refractivity contribution < 1.29 is 14.3 Å². The molecule has 0 bridgehead atoms. The Hall–Kier alpha value is -3.83. The van der Waals surface area contributed by atoms with Gasteiger partial charge in [0.15, 0.2) is 11.5 Å². The van der Waals surface area contributed by atoms with Crippen LogP contribution < -0.4 is 15.4 Å². The molecule has 3 heterocycles. The van der Waals surface area contributed by atoms with Crippen LogP contribution in [0, 0.1) is 5.92 Å². The van der Waals surface area contributed by atoms with E-state index in [4.69, 9.17) is 14.8 Å². The zero-order chi connectivity index (χ0) is 29.4. The van der Waals surface area contributed by atoms with E-state index in [9.17, 15) is 9.59 Å². The minimum absolute atomic E-state index is 0.288. The smallest absolute Gasteiger partial charge is 0.410 e. The molecule has 4 rings (SSSR count). The van der Waals surface area contributed by atoms with Gasteiger partial charge in [-0.25, -0.2) is 14.5 Å². The van der Waals surface area contributed by atoms with E-state index < -0.39 is 6.09 Å². The number of pyridine rings is 2. The Morgan fingerprint density at radius 1 is 1.12 bits per heavy atom. The summed E-state index contributed by atoms with van der Waals surface area (Å²) in [6.07, 6.45) is 5.48. The molecule has 0 saturated heterocycles. The largest absolute Gasteiger partial charge is 0.412 e. The van der Waals surface area contributed by atoms with Gasteiger partial charge in [0, 0.05) is 35.5 Å². The van der Waals surface area contributed by atoms with Crippen LogP contribution in [0.2, 0.25) is 0 Å². The first kappa shape index (κ1) is 30.1. The maximum absolute atomic E-state index is 12.9. The van der Waals surface area contributed by atoms with E-state index in [1.165, 1.54) is 6.20 Å². The summed E-state index contributed by atoms with van der Waals surface area (Å²) in [4.78, 5) is 36.1. The molecule has 0 spiro atoms. The molecular formula is C30H36BrN7O3. The van der Waals surface area contributed by atoms with Gasteiger partial charge >= 0.3 is 6.09 Å². The fourth-order valence-corrected chi connectivity index (χ4v) is 4.81. The summed E-state index contributed by atoms with van der Waals surface area (Å²) < 4.78 is 8.02. The van der Waals surface area contributed by atoms with Crippen LogP contribution in [0.3, 0.4) is 0 Å². The highest BCUT2D eigenvalue weighted by atomic mass is 79.9. The molecule has 0 aliphatic rings. The number of amides is 2. The highest BCUT2D eigenvalue weighted by molar-refractivity contribution is 9.10. The number of hydrogen-bond acceptors (Lipinski definition) is 7. The van der Waals surface area contributed by atoms with Crippen molar-refractivity contribution in [2.24, 2.45) is 5.92 Å². The Morgan fingerprint density at radius 2 is 1.90 bits per heavy atom. The third-order valence-electron chi connectivity index (χ3n) is 6.37. The molecule has 2 N–H and O–H groups in total. The lowest BCUT2D eigenvalue weighted by Crippen LogP contribution is -2.29. The van der Waals surface area contributed by atoms with Gasteiger partial charge in [-0.3, -0.25) is 9.78 Å². The summed E-state index contributed by atoms with van der Waals surface area (Å²) in [7, 11) is 3.98. The van der Waals surface area contributed by atoms with E-state index in [0.717, 1.165) is 41.2 Å². The average molecular weight is 623 g/mol. The van der Waals surface area contributed by atoms with Crippen molar-refractivity contribution in [3.8, 4) is 17.0 Å². The fraction of sp³-hybridized carbons (Fsp3) is 0.367. The summed E-state index contributed by atoms with van der Waals surface area (Å²) in [6.45, 7) is 6.48. The lowest BCUT2D eigenvalue weighted by molar-refractivity contribution is 0.102. The van der Waals surface area contributed by atoms with E-state index in [0.29, 0.717) is 47.5 Å². The second-order valence-electron chi connectivity index (χ2n) is 10.5. The summed E-state index contributed by atoms with van der Waals surface area (Å²) >= 11 is 3.66. The van der Waals surface area contributed by atoms with E-state index in [1.807, 2.05) is 37.0 Å². The van der Waals surface area contributed by atoms with Gasteiger partial charge in [-0.15, -0.1) is 0 Å². The second-order valence-corrected chi connectivity index (χ2v) is 11.3. The van der Waals surface area contributed by atoms with Crippen molar-refractivity contribution in [1.29, 1.82) is 0 Å². The highest BCUT2D eigenvalue weighted by Gasteiger charge is 2.19. The minimum atomic E-state index is -0.483. The molecule has 216 valence electrons. The molecule has 3 aromatic heterocycles. The molecular weight excluding hydrogens is 586 g/mol. The van der Waals surface area contributed by atoms with Gasteiger partial charge < -0.3 is 20.3 Å². The van der Waals surface area contributed by atoms with Crippen molar-refractivity contribution in [3.63, 3.8) is 0 Å². The number of ether oxygens (including phenoxy) is 1. The van der Waals surface area contributed by atoms with Crippen LogP contribution in [0.15, 0.2) is 59.3 Å². The van der Waals surface area contributed by atoms with E-state index in [2.05, 4.69) is 50.3 Å². The molecule has 0 aliphatic carbocycles. The van der Waals surface area contributed by atoms with Gasteiger partial charge in [-0.1, -0.05) is 13.8 Å². The summed E-state index contributed by atoms with van der Waals surface area (Å²) in [5.74, 6) is 1.16. The zero-order valence-corrected chi connectivity index (χ0v) is 25.4. The molecule has 11 heteroatoms. The molecule has 1 aromatic carbocycles. The molecule has 0 radical (unpaired) electrons. The topological polar surface area (TPSA) is 114 Å². The van der Waals surface area contributed by atoms with Gasteiger partial charge in [-0.05, 0) is 104 Å². The number of nitrogens with zero attached hydrogens (tertiary/aromatic N) is 5. The quantitative estimate of drug-likeness (QED) is 0.187. The second kappa shape index (κ2) is 14.2. The van der Waals surface area contributed by atoms with Crippen molar-refractivity contribution >= 4 is 44.8 Å². The fourth-order valence-electron chi connectivity index (χ4n) is 4.26. The first-order valence-corrected chi connectivity index (χ1v) is 14.5. The molecule has 0 aliphatic heterocycles. The monoisotopic (exact) mass is 621 g/mol. The molecule has 10 nitrogen and oxygen atoms in total. The highest BCUT2D eigenvalue weighted by Crippen LogP contribution is 2.34. The van der Waals surface area contributed by atoms with Crippen molar-refractivity contribution in [2.75, 3.05) is 32.5 Å². The zero-order valence-electron chi connectivity index (χ0n) is 23.9. The van der Waals surface area contributed by atoms with E-state index in [-0.39, 0.29) is 5.91 Å². The molecule has 4 aromatic rings. The van der Waals surface area contributed by atoms with Crippen LogP contribution in [0.4, 0.5) is 10.6 Å². The van der Waals surface area contributed by atoms with E-state index in [1.54, 1.807) is 30.5 Å². The van der Waals surface area contributed by atoms with Crippen molar-refractivity contribution in [3.05, 3.63) is 64.9 Å². The number of aryl methyl sites for hydroxylation is 1. The van der Waals surface area contributed by atoms with Crippen LogP contribution in [0.5, 0.6) is 5.75 Å². The number of aromatic nitrogens is 4. The molecule has 0 saturated carbocycles. The lowest BCUT2D eigenvalue weighted by atomic mass is 10.1. The van der Waals surface area contributed by atoms with Gasteiger partial charge in [0.2, 0.25) is 0 Å². The maximum atomic E-state index is 12.9. The predicted molar refractivity (Wildman–Crippen MR) is 164 cm³/mol. The third-order valence-corrected chi connectivity index (χ3v) is 6.98. The summed E-state index contributed by atoms with van der Waals surface area (Å²) in [6, 6.07) is 12.6. The van der Waals surface area contributed by atoms with Crippen molar-refractivity contribution in [2.45, 2.75) is 39.7 Å². The number of halogens is 1. The van der Waals surface area contributed by atoms with Gasteiger partial charge in [0.25, 0.3) is 5.91 Å². The lowest BCUT2D eigenvalue weighted by Gasteiger charge is -2.11. The number of carbonyl (C=O) groups is 2. The van der Waals surface area contributed by atoms with Crippen LogP contribution >= 0.6 is 15.9 Å². The number of hydrogen-bond donors (Lipinski definition) is 2. The molecule has 0 atom stereocenters. The number of nitrogens with one attached hydrogen (secondary N) is 2. The minimum Gasteiger partial charge on any atom is -0.410 e. The Kier molecular flexibility index (Phi) is 10.4. The Morgan fingerprint density at radius 3 is 2.59 bits per heavy atom. The number of fused-ring (bicyclic) bond motifs is 1. The third kappa shape index (κ3) is 8.34. The molecule has 0 unspecified atom stereocenters. The van der Waals surface area contributed by atoms with E-state index >= 15 is 0 Å². The molecule has 2 amide bonds. The maximum Gasteiger partial charge on any atom is 0.412 e. The Bertz CT molecular complexity index is 1470. The summed E-state index contributed by atoms with van der Waals surface area (Å²) in [5, 5.41) is 11.2. The Labute approximate surface area is 248 Å². The number of carbonyl (C=O) groups excluding carboxylic acids is 2. The standard InChI is InChI=1S/C30H36BrN7O3/c1-20(2)8-6-17-38-28-24(27(36-38)35-29(39)22-9-5-14-32-19-22)18-25(31)26(34-28)21-10-12-23(13-11-21)41-30(40)33-15-7-16-37(3)4/h5,9-14,18-20H,6-8,15-17H2,1-4H3,(H,33,40)(H,35,36,39). The predicted octanol–water partition coefficient (Wildman–Crippen LogP) is 5.98. The number of benzene rings is 1. The number of anilines is 1. The first-order chi connectivity index (χ1) is 19.7. The first-order valence-electron chi connectivity index (χ1n) is 13.7. The van der Waals surface area contributed by atoms with Crippen LogP contribution in [0.25, 0.3) is 22.3 Å². The van der Waals surface area contributed by atoms with Crippen LogP contribution in [-0.2, 0) is 6.54 Å². The molecule has 41 heavy (non-hydrogen) atoms. The summed E-state index contributed by atoms with van der Waals surface area (Å²) in [5.41, 5.74) is 2.68. The van der Waals surface area contributed by atoms with Crippen LogP contribution in [-0.4, -0.2) is 63.8 Å². The van der Waals surface area contributed by atoms with Gasteiger partial charge in [0.05, 0.1) is 16.6 Å². The van der Waals surface area contributed by atoms with Crippen LogP contribution in [0.1, 0.15) is 43.5 Å². The Balaban J connectivity index is 1.56. The SMILES string of the molecule is CC(C)CCCn1nc(NC(=O)c2cccnc2)c2cc(Br)c(-c3ccc(OC(=O)NCCCN(C)C)cc3)nc21. The number of rotatable bonds is 12. The van der Waals surface area contributed by atoms with Gasteiger partial charge in [-0.2, -0.15) is 5.10 Å². The van der Waals surface area contributed by atoms with Crippen molar-refractivity contribution in [1.82, 2.24) is 30.0 Å². The average Bonchev–Trinajstić information content (AvgIpc) is 3.27. The van der Waals surface area contributed by atoms with Gasteiger partial charge in [0.1, 0.15) is 5.75 Å².